The molecule has 69 heavy (non-hydrogen) atoms. The summed E-state index contributed by atoms with van der Waals surface area (Å²) in [6.45, 7) is 4.56. The van der Waals surface area contributed by atoms with Crippen molar-refractivity contribution in [3.63, 3.8) is 0 Å². The van der Waals surface area contributed by atoms with Crippen LogP contribution in [-0.2, 0) is 33.3 Å². The highest BCUT2D eigenvalue weighted by molar-refractivity contribution is 5.70. The Morgan fingerprint density at radius 1 is 0.449 bits per heavy atom. The Labute approximate surface area is 422 Å². The lowest BCUT2D eigenvalue weighted by atomic mass is 10.1. The quantitative estimate of drug-likeness (QED) is 0.0195. The maximum atomic E-state index is 12.8. The number of unbranched alkanes of at least 4 members (excludes halogenated alkanes) is 18. The fraction of sp³-hybridized carbons (Fsp3) is 0.683. The van der Waals surface area contributed by atoms with Gasteiger partial charge in [0.1, 0.15) is 13.2 Å². The van der Waals surface area contributed by atoms with Gasteiger partial charge in [-0.15, -0.1) is 0 Å². The molecule has 394 valence electrons. The summed E-state index contributed by atoms with van der Waals surface area (Å²) in [6.07, 6.45) is 64.6. The SMILES string of the molecule is CC/C=C\C/C=C\C/C=C\C/C=C\C/C=C\C/C=C\C/C=C\CCCC(=O)OC(COC(=O)CCCCCCCCCCC/C=C\CCCCCCCCCC)COC(OCC[N+](C)(C)C)C(=O)[O-]. The van der Waals surface area contributed by atoms with Crippen LogP contribution in [0.15, 0.2) is 97.2 Å². The van der Waals surface area contributed by atoms with Crippen LogP contribution in [0.3, 0.4) is 0 Å². The molecule has 2 atom stereocenters. The molecule has 9 nitrogen and oxygen atoms in total. The maximum Gasteiger partial charge on any atom is 0.306 e. The van der Waals surface area contributed by atoms with Gasteiger partial charge in [0, 0.05) is 12.8 Å². The molecule has 9 heteroatoms. The number of carbonyl (C=O) groups excluding carboxylic acids is 3. The predicted molar refractivity (Wildman–Crippen MR) is 287 cm³/mol. The summed E-state index contributed by atoms with van der Waals surface area (Å²) in [4.78, 5) is 37.2. The van der Waals surface area contributed by atoms with Crippen LogP contribution in [0.1, 0.15) is 206 Å². The Morgan fingerprint density at radius 3 is 1.29 bits per heavy atom. The van der Waals surface area contributed by atoms with E-state index in [9.17, 15) is 19.5 Å². The van der Waals surface area contributed by atoms with Crippen molar-refractivity contribution < 1.29 is 42.9 Å². The molecule has 0 aliphatic heterocycles. The molecule has 0 aromatic rings. The van der Waals surface area contributed by atoms with E-state index in [-0.39, 0.29) is 38.6 Å². The van der Waals surface area contributed by atoms with Gasteiger partial charge in [0.2, 0.25) is 0 Å². The molecule has 0 aliphatic carbocycles. The van der Waals surface area contributed by atoms with Crippen molar-refractivity contribution in [3.05, 3.63) is 97.2 Å². The molecule has 0 spiro atoms. The number of ether oxygens (including phenoxy) is 4. The highest BCUT2D eigenvalue weighted by Gasteiger charge is 2.21. The van der Waals surface area contributed by atoms with Crippen molar-refractivity contribution in [2.45, 2.75) is 219 Å². The van der Waals surface area contributed by atoms with E-state index in [0.29, 0.717) is 23.9 Å². The molecule has 0 heterocycles. The van der Waals surface area contributed by atoms with E-state index >= 15 is 0 Å². The number of aliphatic carboxylic acids is 1. The Kier molecular flexibility index (Phi) is 47.8. The molecule has 0 N–H and O–H groups in total. The summed E-state index contributed by atoms with van der Waals surface area (Å²) >= 11 is 0. The minimum atomic E-state index is -1.64. The van der Waals surface area contributed by atoms with Crippen molar-refractivity contribution >= 4 is 17.9 Å². The number of quaternary nitrogens is 1. The molecule has 0 bridgehead atoms. The number of hydrogen-bond donors (Lipinski definition) is 0. The maximum absolute atomic E-state index is 12.8. The molecule has 2 unspecified atom stereocenters. The molecule has 0 amide bonds. The van der Waals surface area contributed by atoms with Gasteiger partial charge in [-0.2, -0.15) is 0 Å². The Balaban J connectivity index is 4.43. The number of hydrogen-bond acceptors (Lipinski definition) is 8. The third kappa shape index (κ3) is 51.9. The van der Waals surface area contributed by atoms with Crippen LogP contribution < -0.4 is 5.11 Å². The van der Waals surface area contributed by atoms with Gasteiger partial charge in [0.15, 0.2) is 12.4 Å². The molecule has 0 rings (SSSR count). The standard InChI is InChI=1S/C60H101NO8/c1-6-8-10-12-14-16-18-20-22-24-26-28-29-31-33-35-37-39-41-43-45-47-49-51-58(63)69-56(55-68-60(59(64)65)66-53-52-61(3,4)5)54-67-57(62)50-48-46-44-42-40-38-36-34-32-30-27-25-23-21-19-17-15-13-11-9-7-2/h8,10,14,16,20,22,25-28,31,33,37,39,43,45,56,60H,6-7,9,11-13,15,17-19,21,23-24,29-30,32,34-36,38,40-42,44,46-55H2,1-5H3/b10-8-,16-14-,22-20-,27-25-,28-26-,33-31-,39-37-,45-43-. The number of carbonyl (C=O) groups is 3. The number of allylic oxidation sites excluding steroid dienone is 16. The highest BCUT2D eigenvalue weighted by Crippen LogP contribution is 2.14. The van der Waals surface area contributed by atoms with Gasteiger partial charge in [-0.3, -0.25) is 9.59 Å². The minimum absolute atomic E-state index is 0.131. The van der Waals surface area contributed by atoms with Crippen LogP contribution in [0.25, 0.3) is 0 Å². The summed E-state index contributed by atoms with van der Waals surface area (Å²) in [5, 5.41) is 11.8. The van der Waals surface area contributed by atoms with Gasteiger partial charge in [-0.05, 0) is 89.9 Å². The first-order valence-corrected chi connectivity index (χ1v) is 27.4. The average Bonchev–Trinajstić information content (AvgIpc) is 3.31. The van der Waals surface area contributed by atoms with E-state index in [2.05, 4.69) is 105 Å². The smallest absolute Gasteiger partial charge is 0.306 e. The van der Waals surface area contributed by atoms with E-state index in [1.807, 2.05) is 27.2 Å². The largest absolute Gasteiger partial charge is 0.545 e. The predicted octanol–water partition coefficient (Wildman–Crippen LogP) is 14.4. The number of carboxylic acid groups (broad SMARTS) is 1. The van der Waals surface area contributed by atoms with E-state index < -0.39 is 24.3 Å². The first-order valence-electron chi connectivity index (χ1n) is 27.4. The number of esters is 2. The molecule has 0 saturated heterocycles. The van der Waals surface area contributed by atoms with Crippen molar-refractivity contribution in [3.8, 4) is 0 Å². The lowest BCUT2D eigenvalue weighted by Gasteiger charge is -2.26. The van der Waals surface area contributed by atoms with Crippen molar-refractivity contribution in [1.82, 2.24) is 0 Å². The van der Waals surface area contributed by atoms with Gasteiger partial charge in [0.05, 0.1) is 40.3 Å². The van der Waals surface area contributed by atoms with Crippen molar-refractivity contribution in [1.29, 1.82) is 0 Å². The van der Waals surface area contributed by atoms with E-state index in [0.717, 1.165) is 64.2 Å². The summed E-state index contributed by atoms with van der Waals surface area (Å²) in [5.74, 6) is -2.38. The van der Waals surface area contributed by atoms with Gasteiger partial charge in [0.25, 0.3) is 0 Å². The van der Waals surface area contributed by atoms with Crippen LogP contribution in [0.4, 0.5) is 0 Å². The fourth-order valence-electron chi connectivity index (χ4n) is 7.11. The second kappa shape index (κ2) is 50.6. The fourth-order valence-corrected chi connectivity index (χ4v) is 7.11. The Morgan fingerprint density at radius 2 is 0.841 bits per heavy atom. The van der Waals surface area contributed by atoms with Gasteiger partial charge in [-0.1, -0.05) is 201 Å². The second-order valence-corrected chi connectivity index (χ2v) is 19.1. The lowest BCUT2D eigenvalue weighted by Crippen LogP contribution is -2.44. The van der Waals surface area contributed by atoms with Gasteiger partial charge < -0.3 is 33.3 Å². The summed E-state index contributed by atoms with van der Waals surface area (Å²) < 4.78 is 22.6. The zero-order valence-electron chi connectivity index (χ0n) is 44.6. The third-order valence-corrected chi connectivity index (χ3v) is 11.3. The topological polar surface area (TPSA) is 111 Å². The monoisotopic (exact) mass is 964 g/mol. The summed E-state index contributed by atoms with van der Waals surface area (Å²) in [6, 6.07) is 0. The number of nitrogens with zero attached hydrogens (tertiary/aromatic N) is 1. The van der Waals surface area contributed by atoms with E-state index in [1.54, 1.807) is 0 Å². The average molecular weight is 964 g/mol. The van der Waals surface area contributed by atoms with Crippen LogP contribution in [0, 0.1) is 0 Å². The zero-order valence-corrected chi connectivity index (χ0v) is 44.6. The van der Waals surface area contributed by atoms with Crippen molar-refractivity contribution in [2.24, 2.45) is 0 Å². The second-order valence-electron chi connectivity index (χ2n) is 19.1. The van der Waals surface area contributed by atoms with Crippen LogP contribution in [0.5, 0.6) is 0 Å². The van der Waals surface area contributed by atoms with Gasteiger partial charge >= 0.3 is 11.9 Å². The molecule has 0 aliphatic rings. The molecule has 0 saturated carbocycles. The number of likely N-dealkylation sites (N-methyl/N-ethyl adjacent to an activating group) is 1. The molecule has 0 aromatic heterocycles. The number of rotatable bonds is 49. The molecule has 0 aromatic carbocycles. The molecular formula is C60H101NO8. The Bertz CT molecular complexity index is 1450. The molecule has 0 fully saturated rings. The summed E-state index contributed by atoms with van der Waals surface area (Å²) in [5.41, 5.74) is 0. The normalized spacial score (nSPS) is 13.6. The van der Waals surface area contributed by atoms with Crippen LogP contribution in [-0.4, -0.2) is 82.3 Å². The molecule has 0 radical (unpaired) electrons. The Hall–Kier alpha value is -3.79. The minimum Gasteiger partial charge on any atom is -0.545 e. The molecular weight excluding hydrogens is 863 g/mol. The lowest BCUT2D eigenvalue weighted by molar-refractivity contribution is -0.870. The first-order chi connectivity index (χ1) is 33.6. The summed E-state index contributed by atoms with van der Waals surface area (Å²) in [7, 11) is 5.89. The highest BCUT2D eigenvalue weighted by atomic mass is 16.7. The zero-order chi connectivity index (χ0) is 50.6. The van der Waals surface area contributed by atoms with Crippen LogP contribution >= 0.6 is 0 Å². The first kappa shape index (κ1) is 65.2. The van der Waals surface area contributed by atoms with Crippen LogP contribution in [0.2, 0.25) is 0 Å². The number of carboxylic acids is 1. The third-order valence-electron chi connectivity index (χ3n) is 11.3. The van der Waals surface area contributed by atoms with E-state index in [1.165, 1.54) is 103 Å². The van der Waals surface area contributed by atoms with Gasteiger partial charge in [-0.25, -0.2) is 0 Å². The van der Waals surface area contributed by atoms with E-state index in [4.69, 9.17) is 18.9 Å². The van der Waals surface area contributed by atoms with Crippen molar-refractivity contribution in [2.75, 3.05) is 47.5 Å².